The fourth-order valence-corrected chi connectivity index (χ4v) is 10.3. The molecule has 1 aliphatic carbocycles. The van der Waals surface area contributed by atoms with Crippen molar-refractivity contribution in [2.45, 2.75) is 107 Å². The molecule has 3 N–H and O–H groups in total. The van der Waals surface area contributed by atoms with E-state index in [1.165, 1.54) is 15.6 Å². The molecular weight excluding hydrogens is 841 g/mol. The van der Waals surface area contributed by atoms with E-state index in [1.54, 1.807) is 50.1 Å². The Morgan fingerprint density at radius 3 is 2.45 bits per heavy atom. The zero-order chi connectivity index (χ0) is 44.9. The van der Waals surface area contributed by atoms with Crippen LogP contribution in [-0.4, -0.2) is 115 Å². The number of carbonyl (C=O) groups excluding carboxylic acids is 3. The van der Waals surface area contributed by atoms with Gasteiger partial charge in [-0.15, -0.1) is 0 Å². The van der Waals surface area contributed by atoms with Crippen LogP contribution in [0.4, 0.5) is 37.7 Å². The van der Waals surface area contributed by atoms with E-state index in [9.17, 15) is 51.1 Å². The van der Waals surface area contributed by atoms with Crippen LogP contribution in [0.5, 0.6) is 0 Å². The Balaban J connectivity index is 0.909. The number of piperazine rings is 1. The lowest BCUT2D eigenvalue weighted by Gasteiger charge is -2.43. The number of benzene rings is 2. The normalized spacial score (nSPS) is 25.3. The van der Waals surface area contributed by atoms with Crippen molar-refractivity contribution in [1.82, 2.24) is 29.8 Å². The number of aliphatic hydroxyl groups excluding tert-OH is 1. The molecule has 3 amide bonds. The molecule has 2 unspecified atom stereocenters. The number of anilines is 2. The summed E-state index contributed by atoms with van der Waals surface area (Å²) in [6.45, 7) is 3.66. The second-order valence-corrected chi connectivity index (χ2v) is 17.7. The van der Waals surface area contributed by atoms with E-state index in [4.69, 9.17) is 12.2 Å². The number of imide groups is 1. The second kappa shape index (κ2) is 17.4. The summed E-state index contributed by atoms with van der Waals surface area (Å²) in [7, 11) is 1.64. The highest BCUT2D eigenvalue weighted by Gasteiger charge is 2.52. The molecule has 62 heavy (non-hydrogen) atoms. The molecule has 7 rings (SSSR count). The van der Waals surface area contributed by atoms with E-state index in [1.807, 2.05) is 4.90 Å². The van der Waals surface area contributed by atoms with Crippen molar-refractivity contribution in [2.75, 3.05) is 42.9 Å². The number of rotatable bonds is 10. The molecule has 0 spiro atoms. The van der Waals surface area contributed by atoms with Crippen molar-refractivity contribution >= 4 is 57.3 Å². The number of para-hydroxylation sites is 1. The van der Waals surface area contributed by atoms with Crippen molar-refractivity contribution in [3.63, 3.8) is 0 Å². The summed E-state index contributed by atoms with van der Waals surface area (Å²) < 4.78 is 86.3. The fraction of sp³-hybridized carbons (Fsp3) is 0.571. The number of aryl methyl sites for hydroxylation is 1. The molecule has 4 aliphatic rings. The monoisotopic (exact) mass is 889 g/mol. The van der Waals surface area contributed by atoms with Gasteiger partial charge < -0.3 is 20.2 Å². The molecule has 0 bridgehead atoms. The predicted octanol–water partition coefficient (Wildman–Crippen LogP) is 6.01. The average Bonchev–Trinajstić information content (AvgIpc) is 3.63. The maximum Gasteiger partial charge on any atom is 0.417 e. The number of nitrogens with zero attached hydrogens (tertiary/aromatic N) is 7. The van der Waals surface area contributed by atoms with Crippen LogP contribution < -0.4 is 15.5 Å². The quantitative estimate of drug-likeness (QED) is 0.125. The highest BCUT2D eigenvalue weighted by atomic mass is 32.1. The highest BCUT2D eigenvalue weighted by Crippen LogP contribution is 2.43. The minimum Gasteiger partial charge on any atom is -0.371 e. The van der Waals surface area contributed by atoms with Crippen molar-refractivity contribution in [1.29, 1.82) is 5.26 Å². The Morgan fingerprint density at radius 1 is 1.06 bits per heavy atom. The van der Waals surface area contributed by atoms with Gasteiger partial charge in [0.25, 0.3) is 0 Å². The van der Waals surface area contributed by atoms with E-state index in [0.29, 0.717) is 60.6 Å². The van der Waals surface area contributed by atoms with Gasteiger partial charge in [-0.1, -0.05) is 12.1 Å². The molecule has 3 atom stereocenters. The van der Waals surface area contributed by atoms with Gasteiger partial charge in [-0.25, -0.2) is 0 Å². The number of carbonyl (C=O) groups is 3. The SMILES string of the molecule is Cn1nc(C2CCC(=O)NC2=O)c2cccc(NC(=O)CN3CCN(CCC[C@H]4CC[C@H](N5C(=S)N(c6ccc(C#N)c(C(F)(F)F)c6)C(O)C5(C)C)CC4)C[C@@H]3C(F)(F)F)c21. The highest BCUT2D eigenvalue weighted by molar-refractivity contribution is 7.80. The topological polar surface area (TPSA) is 150 Å². The largest absolute Gasteiger partial charge is 0.417 e. The summed E-state index contributed by atoms with van der Waals surface area (Å²) in [6, 6.07) is 7.94. The molecule has 0 radical (unpaired) electrons. The summed E-state index contributed by atoms with van der Waals surface area (Å²) in [4.78, 5) is 43.8. The Kier molecular flexibility index (Phi) is 12.7. The van der Waals surface area contributed by atoms with E-state index in [-0.39, 0.29) is 48.7 Å². The molecule has 3 aliphatic heterocycles. The number of fused-ring (bicyclic) bond motifs is 1. The Morgan fingerprint density at radius 2 is 1.79 bits per heavy atom. The Hall–Kier alpha value is -4.84. The molecule has 1 saturated carbocycles. The van der Waals surface area contributed by atoms with Crippen LogP contribution in [0.3, 0.4) is 0 Å². The van der Waals surface area contributed by atoms with Crippen molar-refractivity contribution in [3.05, 3.63) is 53.2 Å². The lowest BCUT2D eigenvalue weighted by molar-refractivity contribution is -0.197. The van der Waals surface area contributed by atoms with E-state index in [0.717, 1.165) is 36.3 Å². The molecule has 1 aromatic heterocycles. The maximum atomic E-state index is 14.5. The third-order valence-electron chi connectivity index (χ3n) is 12.9. The Labute approximate surface area is 359 Å². The first-order valence-electron chi connectivity index (χ1n) is 20.7. The smallest absolute Gasteiger partial charge is 0.371 e. The minimum atomic E-state index is -4.78. The number of thiocarbonyl (C=S) groups is 1. The van der Waals surface area contributed by atoms with Crippen LogP contribution >= 0.6 is 12.2 Å². The number of aromatic nitrogens is 2. The summed E-state index contributed by atoms with van der Waals surface area (Å²) in [6.07, 6.45) is -5.65. The number of alkyl halides is 6. The summed E-state index contributed by atoms with van der Waals surface area (Å²) in [5.74, 6) is -1.79. The van der Waals surface area contributed by atoms with Crippen molar-refractivity contribution < 1.29 is 45.8 Å². The lowest BCUT2D eigenvalue weighted by atomic mass is 9.81. The Bertz CT molecular complexity index is 2270. The third-order valence-corrected chi connectivity index (χ3v) is 13.3. The third kappa shape index (κ3) is 8.99. The van der Waals surface area contributed by atoms with Gasteiger partial charge in [0, 0.05) is 50.2 Å². The van der Waals surface area contributed by atoms with Crippen molar-refractivity contribution in [2.24, 2.45) is 13.0 Å². The first-order chi connectivity index (χ1) is 29.2. The van der Waals surface area contributed by atoms with Crippen LogP contribution in [0, 0.1) is 17.2 Å². The first kappa shape index (κ1) is 45.2. The van der Waals surface area contributed by atoms with Gasteiger partial charge in [0.1, 0.15) is 6.04 Å². The number of nitrogens with one attached hydrogen (secondary N) is 2. The lowest BCUT2D eigenvalue weighted by Crippen LogP contribution is -2.60. The number of halogens is 6. The van der Waals surface area contributed by atoms with Gasteiger partial charge >= 0.3 is 12.4 Å². The first-order valence-corrected chi connectivity index (χ1v) is 21.1. The van der Waals surface area contributed by atoms with Gasteiger partial charge in [-0.3, -0.25) is 34.2 Å². The number of aliphatic hydroxyl groups is 1. The number of nitriles is 1. The number of piperidine rings is 1. The van der Waals surface area contributed by atoms with Gasteiger partial charge in [0.15, 0.2) is 11.3 Å². The number of hydrogen-bond donors (Lipinski definition) is 3. The zero-order valence-electron chi connectivity index (χ0n) is 34.5. The maximum absolute atomic E-state index is 14.5. The summed E-state index contributed by atoms with van der Waals surface area (Å²) in [5, 5.41) is 31.0. The molecule has 3 saturated heterocycles. The second-order valence-electron chi connectivity index (χ2n) is 17.3. The molecule has 4 heterocycles. The summed E-state index contributed by atoms with van der Waals surface area (Å²) in [5.41, 5.74) is -1.23. The average molecular weight is 890 g/mol. The van der Waals surface area contributed by atoms with Crippen LogP contribution in [0.1, 0.15) is 88.0 Å². The zero-order valence-corrected chi connectivity index (χ0v) is 35.3. The van der Waals surface area contributed by atoms with Crippen LogP contribution in [-0.2, 0) is 27.6 Å². The summed E-state index contributed by atoms with van der Waals surface area (Å²) >= 11 is 5.78. The van der Waals surface area contributed by atoms with Crippen LogP contribution in [0.25, 0.3) is 10.9 Å². The molecule has 3 aromatic rings. The van der Waals surface area contributed by atoms with E-state index < -0.39 is 65.6 Å². The van der Waals surface area contributed by atoms with E-state index >= 15 is 0 Å². The molecule has 4 fully saturated rings. The van der Waals surface area contributed by atoms with Crippen molar-refractivity contribution in [3.8, 4) is 6.07 Å². The molecular formula is C42H49F6N9O4S. The van der Waals surface area contributed by atoms with Gasteiger partial charge in [-0.05, 0) is 108 Å². The van der Waals surface area contributed by atoms with Crippen LogP contribution in [0.2, 0.25) is 0 Å². The fourth-order valence-electron chi connectivity index (χ4n) is 9.73. The van der Waals surface area contributed by atoms with Gasteiger partial charge in [-0.2, -0.15) is 36.7 Å². The number of hydrogen-bond acceptors (Lipinski definition) is 9. The van der Waals surface area contributed by atoms with Gasteiger partial charge in [0.2, 0.25) is 17.7 Å². The minimum absolute atomic E-state index is 0.0344. The standard InChI is InChI=1S/C42H49F6N9O4S/c1-40(2)38(61)56(27-14-11-25(21-49)30(20-27)41(43,44)45)39(62)57(40)26-12-9-24(10-13-26)6-5-17-54-18-19-55(32(22-54)42(46,47)48)23-34(59)50-31-8-4-7-28-35(52-53(3)36(28)31)29-15-16-33(58)51-37(29)60/h4,7-8,11,14,20,24,26,29,32,38,61H,5-6,9-10,12-13,15-19,22-23H2,1-3H3,(H,50,59)(H,51,58,60)/t24-,26-,29?,32-,38?/m1/s1. The molecule has 334 valence electrons. The van der Waals surface area contributed by atoms with Crippen LogP contribution in [0.15, 0.2) is 36.4 Å². The molecule has 2 aromatic carbocycles. The number of amides is 3. The van der Waals surface area contributed by atoms with Gasteiger partial charge in [0.05, 0.1) is 52.1 Å². The molecule has 20 heteroatoms. The van der Waals surface area contributed by atoms with E-state index in [2.05, 4.69) is 15.7 Å². The predicted molar refractivity (Wildman–Crippen MR) is 220 cm³/mol. The molecule has 13 nitrogen and oxygen atoms in total.